The van der Waals surface area contributed by atoms with E-state index in [1.165, 1.54) is 17.6 Å². The highest BCUT2D eigenvalue weighted by Crippen LogP contribution is 2.29. The molecule has 35 heavy (non-hydrogen) atoms. The first kappa shape index (κ1) is 24.9. The molecule has 0 radical (unpaired) electrons. The number of benzene rings is 1. The average Bonchev–Trinajstić information content (AvgIpc) is 3.19. The number of halogens is 1. The molecule has 13 heteroatoms. The molecule has 1 atom stereocenters. The summed E-state index contributed by atoms with van der Waals surface area (Å²) in [6.45, 7) is 5.55. The number of anilines is 2. The molecule has 1 saturated heterocycles. The maximum Gasteiger partial charge on any atom is 0.352 e. The van der Waals surface area contributed by atoms with Crippen LogP contribution in [0, 0.1) is 12.3 Å². The summed E-state index contributed by atoms with van der Waals surface area (Å²) in [6.07, 6.45) is 4.67. The zero-order valence-corrected chi connectivity index (χ0v) is 22.4. The number of nitrogens with zero attached hydrogens (tertiary/aromatic N) is 7. The van der Waals surface area contributed by atoms with Gasteiger partial charge in [-0.15, -0.1) is 4.40 Å². The van der Waals surface area contributed by atoms with Gasteiger partial charge in [-0.25, -0.2) is 9.97 Å². The molecule has 186 valence electrons. The second-order valence-corrected chi connectivity index (χ2v) is 11.0. The lowest BCUT2D eigenvalue weighted by Crippen LogP contribution is -2.58. The number of piperazine rings is 1. The predicted molar refractivity (Wildman–Crippen MR) is 142 cm³/mol. The van der Waals surface area contributed by atoms with Gasteiger partial charge >= 0.3 is 10.2 Å². The van der Waals surface area contributed by atoms with Gasteiger partial charge in [0.1, 0.15) is 24.1 Å². The van der Waals surface area contributed by atoms with Crippen LogP contribution in [-0.2, 0) is 10.2 Å². The molecule has 1 fully saturated rings. The fourth-order valence-corrected chi connectivity index (χ4v) is 5.58. The summed E-state index contributed by atoms with van der Waals surface area (Å²) < 4.78 is 32.0. The first-order valence-electron chi connectivity index (χ1n) is 11.0. The topological polar surface area (TPSA) is 125 Å². The quantitative estimate of drug-likeness (QED) is 0.362. The minimum Gasteiger partial charge on any atom is -0.368 e. The van der Waals surface area contributed by atoms with Crippen LogP contribution in [0.5, 0.6) is 0 Å². The average molecular weight is 562 g/mol. The van der Waals surface area contributed by atoms with Crippen LogP contribution in [0.3, 0.4) is 0 Å². The molecule has 1 aliphatic heterocycles. The van der Waals surface area contributed by atoms with Gasteiger partial charge < -0.3 is 19.7 Å². The number of hydrogen-bond donors (Lipinski definition) is 2. The third-order valence-electron chi connectivity index (χ3n) is 5.72. The van der Waals surface area contributed by atoms with Crippen molar-refractivity contribution in [2.75, 3.05) is 42.9 Å². The number of hydrogen-bond acceptors (Lipinski definition) is 6. The van der Waals surface area contributed by atoms with E-state index >= 15 is 0 Å². The van der Waals surface area contributed by atoms with Gasteiger partial charge in [0, 0.05) is 50.4 Å². The minimum absolute atomic E-state index is 0.156. The molecule has 11 nitrogen and oxygen atoms in total. The molecule has 3 aromatic rings. The Bertz CT molecular complexity index is 1370. The van der Waals surface area contributed by atoms with E-state index in [4.69, 9.17) is 5.41 Å². The molecular formula is C22H28BrN9O2S. The number of aromatic nitrogens is 3. The highest BCUT2D eigenvalue weighted by Gasteiger charge is 2.35. The van der Waals surface area contributed by atoms with Crippen molar-refractivity contribution in [1.29, 1.82) is 5.41 Å². The minimum atomic E-state index is -4.22. The van der Waals surface area contributed by atoms with Gasteiger partial charge in [0.25, 0.3) is 0 Å². The van der Waals surface area contributed by atoms with Crippen molar-refractivity contribution in [1.82, 2.24) is 24.8 Å². The van der Waals surface area contributed by atoms with Crippen LogP contribution in [0.25, 0.3) is 11.0 Å². The van der Waals surface area contributed by atoms with Crippen LogP contribution in [0.1, 0.15) is 12.5 Å². The number of H-pyrrole nitrogens is 1. The Morgan fingerprint density at radius 1 is 1.31 bits per heavy atom. The van der Waals surface area contributed by atoms with Gasteiger partial charge in [0.2, 0.25) is 5.96 Å². The third-order valence-corrected chi connectivity index (χ3v) is 7.42. The molecule has 0 saturated carbocycles. The highest BCUT2D eigenvalue weighted by atomic mass is 79.9. The largest absolute Gasteiger partial charge is 0.368 e. The Hall–Kier alpha value is -3.19. The van der Waals surface area contributed by atoms with E-state index in [1.807, 2.05) is 20.0 Å². The second kappa shape index (κ2) is 9.82. The van der Waals surface area contributed by atoms with Crippen LogP contribution < -0.4 is 9.21 Å². The summed E-state index contributed by atoms with van der Waals surface area (Å²) in [5, 5.41) is 9.92. The van der Waals surface area contributed by atoms with E-state index in [9.17, 15) is 8.42 Å². The van der Waals surface area contributed by atoms with Crippen molar-refractivity contribution in [2.45, 2.75) is 19.9 Å². The van der Waals surface area contributed by atoms with E-state index < -0.39 is 10.2 Å². The Balaban J connectivity index is 1.64. The lowest BCUT2D eigenvalue weighted by atomic mass is 10.1. The number of rotatable bonds is 5. The van der Waals surface area contributed by atoms with Gasteiger partial charge in [-0.05, 0) is 37.6 Å². The predicted octanol–water partition coefficient (Wildman–Crippen LogP) is 2.82. The molecule has 1 aromatic carbocycles. The fraction of sp³-hybridized carbons (Fsp3) is 0.364. The van der Waals surface area contributed by atoms with Crippen LogP contribution in [0.4, 0.5) is 11.5 Å². The summed E-state index contributed by atoms with van der Waals surface area (Å²) >= 11 is 3.40. The van der Waals surface area contributed by atoms with Gasteiger partial charge in [0.05, 0.1) is 11.1 Å². The first-order chi connectivity index (χ1) is 16.6. The molecule has 2 N–H and O–H groups in total. The summed E-state index contributed by atoms with van der Waals surface area (Å²) in [5.41, 5.74) is 2.17. The number of fused-ring (bicyclic) bond motifs is 1. The monoisotopic (exact) mass is 561 g/mol. The van der Waals surface area contributed by atoms with Crippen molar-refractivity contribution in [3.8, 4) is 0 Å². The molecule has 2 aromatic heterocycles. The van der Waals surface area contributed by atoms with E-state index in [0.29, 0.717) is 29.8 Å². The molecule has 0 spiro atoms. The smallest absolute Gasteiger partial charge is 0.352 e. The van der Waals surface area contributed by atoms with E-state index in [1.54, 1.807) is 43.3 Å². The van der Waals surface area contributed by atoms with E-state index in [0.717, 1.165) is 26.7 Å². The molecule has 0 unspecified atom stereocenters. The Labute approximate surface area is 213 Å². The maximum absolute atomic E-state index is 13.3. The molecule has 0 aliphatic carbocycles. The van der Waals surface area contributed by atoms with E-state index in [-0.39, 0.29) is 12.0 Å². The standard InChI is InChI=1S/C22H28BrN9O2S/c1-15-11-25-20-19(15)21(27-13-26-20)30-8-9-31(16(2)12-30)22(24)32(18-7-5-6-17(23)10-18)35(33,34)28-14-29(3)4/h5-7,10-11,13-14,16,24H,8-9,12H2,1-4H3,(H,25,26,27)/t16-/m0/s1. The first-order valence-corrected chi connectivity index (χ1v) is 13.2. The lowest BCUT2D eigenvalue weighted by Gasteiger charge is -2.43. The maximum atomic E-state index is 13.3. The van der Waals surface area contributed by atoms with Gasteiger partial charge in [-0.3, -0.25) is 5.41 Å². The molecule has 0 amide bonds. The van der Waals surface area contributed by atoms with Crippen LogP contribution in [0.2, 0.25) is 0 Å². The molecule has 1 aliphatic rings. The van der Waals surface area contributed by atoms with Crippen LogP contribution in [0.15, 0.2) is 45.7 Å². The van der Waals surface area contributed by atoms with Crippen molar-refractivity contribution < 1.29 is 8.42 Å². The summed E-state index contributed by atoms with van der Waals surface area (Å²) in [7, 11) is -0.844. The summed E-state index contributed by atoms with van der Waals surface area (Å²) in [4.78, 5) is 17.5. The number of nitrogens with one attached hydrogen (secondary N) is 2. The van der Waals surface area contributed by atoms with Gasteiger partial charge in [-0.1, -0.05) is 22.0 Å². The number of guanidine groups is 1. The molecule has 4 rings (SSSR count). The van der Waals surface area contributed by atoms with Gasteiger partial charge in [-0.2, -0.15) is 12.7 Å². The Morgan fingerprint density at radius 3 is 2.77 bits per heavy atom. The van der Waals surface area contributed by atoms with Crippen molar-refractivity contribution in [3.63, 3.8) is 0 Å². The Morgan fingerprint density at radius 2 is 2.09 bits per heavy atom. The molecule has 3 heterocycles. The number of aromatic amines is 1. The number of aryl methyl sites for hydroxylation is 1. The normalized spacial score (nSPS) is 16.8. The van der Waals surface area contributed by atoms with Gasteiger partial charge in [0.15, 0.2) is 0 Å². The SMILES string of the molecule is Cc1c[nH]c2ncnc(N3CCN(C(=N)N(c4cccc(Br)c4)S(=O)(=O)N=CN(C)C)[C@@H](C)C3)c12. The van der Waals surface area contributed by atoms with Crippen LogP contribution >= 0.6 is 15.9 Å². The zero-order valence-electron chi connectivity index (χ0n) is 20.0. The van der Waals surface area contributed by atoms with E-state index in [2.05, 4.69) is 40.2 Å². The van der Waals surface area contributed by atoms with Crippen LogP contribution in [-0.4, -0.2) is 85.2 Å². The molecular weight excluding hydrogens is 534 g/mol. The zero-order chi connectivity index (χ0) is 25.3. The fourth-order valence-electron chi connectivity index (χ4n) is 4.09. The summed E-state index contributed by atoms with van der Waals surface area (Å²) in [6, 6.07) is 6.67. The van der Waals surface area contributed by atoms with Crippen molar-refractivity contribution in [3.05, 3.63) is 46.8 Å². The molecule has 0 bridgehead atoms. The summed E-state index contributed by atoms with van der Waals surface area (Å²) in [5.74, 6) is 0.677. The third kappa shape index (κ3) is 5.10. The highest BCUT2D eigenvalue weighted by molar-refractivity contribution is 9.10. The second-order valence-electron chi connectivity index (χ2n) is 8.61. The van der Waals surface area contributed by atoms with Crippen molar-refractivity contribution >= 4 is 61.0 Å². The lowest BCUT2D eigenvalue weighted by molar-refractivity contribution is 0.293. The van der Waals surface area contributed by atoms with Crippen molar-refractivity contribution in [2.24, 2.45) is 4.40 Å². The Kier molecular flexibility index (Phi) is 6.99.